The van der Waals surface area contributed by atoms with Crippen molar-refractivity contribution in [3.05, 3.63) is 0 Å². The van der Waals surface area contributed by atoms with Crippen LogP contribution in [0.4, 0.5) is 0 Å². The molecule has 0 saturated carbocycles. The lowest BCUT2D eigenvalue weighted by atomic mass is 9.96. The maximum atomic E-state index is 2.55. The molecule has 0 bridgehead atoms. The van der Waals surface area contributed by atoms with E-state index in [4.69, 9.17) is 0 Å². The monoisotopic (exact) mass is 274 g/mol. The summed E-state index contributed by atoms with van der Waals surface area (Å²) in [6.07, 6.45) is 9.29. The molecule has 0 nitrogen and oxygen atoms in total. The maximum absolute atomic E-state index is 2.55. The van der Waals surface area contributed by atoms with E-state index in [1.807, 2.05) is 0 Å². The summed E-state index contributed by atoms with van der Waals surface area (Å²) in [4.78, 5) is 0. The Morgan fingerprint density at radius 1 is 0.889 bits per heavy atom. The molecule has 3 unspecified atom stereocenters. The summed E-state index contributed by atoms with van der Waals surface area (Å²) < 4.78 is 0. The first kappa shape index (κ1) is 18.4. The molecule has 112 valence electrons. The molecule has 0 aromatic rings. The largest absolute Gasteiger partial charge is 0.246 e. The van der Waals surface area contributed by atoms with Gasteiger partial charge in [0.1, 0.15) is 0 Å². The fourth-order valence-electron chi connectivity index (χ4n) is 2.61. The van der Waals surface area contributed by atoms with Crippen LogP contribution in [0.3, 0.4) is 0 Å². The first-order chi connectivity index (χ1) is 8.18. The van der Waals surface area contributed by atoms with Crippen LogP contribution in [-0.2, 0) is 0 Å². The van der Waals surface area contributed by atoms with Crippen LogP contribution in [-0.4, -0.2) is 24.0 Å². The topological polar surface area (TPSA) is 0 Å². The van der Waals surface area contributed by atoms with E-state index < -0.39 is 0 Å². The van der Waals surface area contributed by atoms with E-state index in [0.29, 0.717) is 0 Å². The third-order valence-electron chi connectivity index (χ3n) is 4.50. The number of hydrogen-bond acceptors (Lipinski definition) is 0. The molecule has 3 atom stereocenters. The SMILES string of the molecule is CCC(C)CC(C)CS(C)(C)CCC(C)C(C)C. The third-order valence-corrected chi connectivity index (χ3v) is 7.31. The van der Waals surface area contributed by atoms with Gasteiger partial charge in [-0.25, -0.2) is 10.0 Å². The molecule has 1 heteroatoms. The van der Waals surface area contributed by atoms with Crippen LogP contribution in [0.5, 0.6) is 0 Å². The summed E-state index contributed by atoms with van der Waals surface area (Å²) in [7, 11) is -0.363. The zero-order chi connectivity index (χ0) is 14.3. The molecule has 0 aromatic carbocycles. The van der Waals surface area contributed by atoms with Crippen LogP contribution in [0, 0.1) is 23.7 Å². The van der Waals surface area contributed by atoms with Crippen LogP contribution >= 0.6 is 10.0 Å². The molecule has 18 heavy (non-hydrogen) atoms. The van der Waals surface area contributed by atoms with Gasteiger partial charge >= 0.3 is 0 Å². The van der Waals surface area contributed by atoms with Gasteiger partial charge < -0.3 is 0 Å². The van der Waals surface area contributed by atoms with Gasteiger partial charge in [-0.3, -0.25) is 0 Å². The average Bonchev–Trinajstić information content (AvgIpc) is 2.24. The Morgan fingerprint density at radius 2 is 1.44 bits per heavy atom. The second kappa shape index (κ2) is 8.51. The molecule has 0 amide bonds. The normalized spacial score (nSPS) is 18.7. The van der Waals surface area contributed by atoms with Gasteiger partial charge in [0.05, 0.1) is 0 Å². The van der Waals surface area contributed by atoms with Crippen LogP contribution in [0.1, 0.15) is 60.8 Å². The molecule has 0 spiro atoms. The van der Waals surface area contributed by atoms with Crippen molar-refractivity contribution in [2.45, 2.75) is 60.8 Å². The van der Waals surface area contributed by atoms with Crippen molar-refractivity contribution in [1.29, 1.82) is 0 Å². The van der Waals surface area contributed by atoms with Gasteiger partial charge in [0, 0.05) is 0 Å². The average molecular weight is 275 g/mol. The van der Waals surface area contributed by atoms with Crippen molar-refractivity contribution >= 4 is 10.0 Å². The Balaban J connectivity index is 4.05. The number of rotatable bonds is 9. The van der Waals surface area contributed by atoms with E-state index >= 15 is 0 Å². The van der Waals surface area contributed by atoms with Gasteiger partial charge in [0.2, 0.25) is 0 Å². The molecule has 0 aliphatic heterocycles. The van der Waals surface area contributed by atoms with E-state index in [1.54, 1.807) is 0 Å². The summed E-state index contributed by atoms with van der Waals surface area (Å²) in [5.41, 5.74) is 0. The minimum Gasteiger partial charge on any atom is -0.246 e. The van der Waals surface area contributed by atoms with Crippen molar-refractivity contribution in [2.24, 2.45) is 23.7 Å². The van der Waals surface area contributed by atoms with E-state index in [0.717, 1.165) is 23.7 Å². The smallest absolute Gasteiger partial charge is 0.0207 e. The molecule has 0 radical (unpaired) electrons. The Bertz CT molecular complexity index is 208. The molecule has 0 aromatic heterocycles. The molecule has 0 aliphatic rings. The van der Waals surface area contributed by atoms with Crippen molar-refractivity contribution in [1.82, 2.24) is 0 Å². The zero-order valence-electron chi connectivity index (χ0n) is 14.3. The van der Waals surface area contributed by atoms with Crippen LogP contribution in [0.2, 0.25) is 0 Å². The summed E-state index contributed by atoms with van der Waals surface area (Å²) in [5, 5.41) is 0. The van der Waals surface area contributed by atoms with Gasteiger partial charge in [-0.1, -0.05) is 48.0 Å². The summed E-state index contributed by atoms with van der Waals surface area (Å²) in [6.45, 7) is 14.3. The minimum atomic E-state index is -0.363. The first-order valence-corrected chi connectivity index (χ1v) is 10.6. The van der Waals surface area contributed by atoms with Crippen molar-refractivity contribution in [3.8, 4) is 0 Å². The van der Waals surface area contributed by atoms with Gasteiger partial charge in [-0.05, 0) is 60.5 Å². The molecular weight excluding hydrogens is 236 g/mol. The van der Waals surface area contributed by atoms with Gasteiger partial charge in [-0.15, -0.1) is 0 Å². The van der Waals surface area contributed by atoms with Crippen LogP contribution in [0.25, 0.3) is 0 Å². The van der Waals surface area contributed by atoms with Crippen LogP contribution < -0.4 is 0 Å². The molecule has 0 heterocycles. The summed E-state index contributed by atoms with van der Waals surface area (Å²) in [5.74, 6) is 6.50. The highest BCUT2D eigenvalue weighted by Gasteiger charge is 2.19. The Labute approximate surface area is 119 Å². The van der Waals surface area contributed by atoms with Crippen molar-refractivity contribution in [3.63, 3.8) is 0 Å². The lowest BCUT2D eigenvalue weighted by Crippen LogP contribution is -2.17. The van der Waals surface area contributed by atoms with Gasteiger partial charge in [0.15, 0.2) is 0 Å². The molecule has 0 rings (SSSR count). The van der Waals surface area contributed by atoms with Gasteiger partial charge in [-0.2, -0.15) is 0 Å². The lowest BCUT2D eigenvalue weighted by molar-refractivity contribution is 0.408. The van der Waals surface area contributed by atoms with Crippen molar-refractivity contribution in [2.75, 3.05) is 24.0 Å². The van der Waals surface area contributed by atoms with E-state index in [-0.39, 0.29) is 10.0 Å². The fraction of sp³-hybridized carbons (Fsp3) is 1.00. The molecule has 0 aliphatic carbocycles. The van der Waals surface area contributed by atoms with Crippen LogP contribution in [0.15, 0.2) is 0 Å². The summed E-state index contributed by atoms with van der Waals surface area (Å²) >= 11 is 0. The first-order valence-electron chi connectivity index (χ1n) is 7.86. The van der Waals surface area contributed by atoms with E-state index in [9.17, 15) is 0 Å². The standard InChI is InChI=1S/C17H38S/c1-9-15(4)12-16(5)13-18(7,8)11-10-17(6)14(2)3/h14-17H,9-13H2,1-8H3. The van der Waals surface area contributed by atoms with Crippen molar-refractivity contribution < 1.29 is 0 Å². The predicted octanol–water partition coefficient (Wildman–Crippen LogP) is 5.81. The number of hydrogen-bond donors (Lipinski definition) is 0. The molecular formula is C17H38S. The third kappa shape index (κ3) is 8.45. The lowest BCUT2D eigenvalue weighted by Gasteiger charge is -2.36. The Morgan fingerprint density at radius 3 is 1.89 bits per heavy atom. The second-order valence-corrected chi connectivity index (χ2v) is 11.8. The summed E-state index contributed by atoms with van der Waals surface area (Å²) in [6, 6.07) is 0. The second-order valence-electron chi connectivity index (χ2n) is 7.50. The van der Waals surface area contributed by atoms with E-state index in [2.05, 4.69) is 54.1 Å². The molecule has 0 saturated heterocycles. The minimum absolute atomic E-state index is 0.363. The highest BCUT2D eigenvalue weighted by molar-refractivity contribution is 8.32. The fourth-order valence-corrected chi connectivity index (χ4v) is 5.47. The highest BCUT2D eigenvalue weighted by atomic mass is 32.3. The van der Waals surface area contributed by atoms with Gasteiger partial charge in [0.25, 0.3) is 0 Å². The highest BCUT2D eigenvalue weighted by Crippen LogP contribution is 2.44. The molecule has 0 fully saturated rings. The Hall–Kier alpha value is 0.350. The predicted molar refractivity (Wildman–Crippen MR) is 91.0 cm³/mol. The Kier molecular flexibility index (Phi) is 8.67. The zero-order valence-corrected chi connectivity index (χ0v) is 15.1. The van der Waals surface area contributed by atoms with E-state index in [1.165, 1.54) is 30.8 Å². The quantitative estimate of drug-likeness (QED) is 0.498. The molecule has 0 N–H and O–H groups in total. The maximum Gasteiger partial charge on any atom is -0.0207 e.